The number of rotatable bonds is 4. The first-order valence-electron chi connectivity index (χ1n) is 6.09. The van der Waals surface area contributed by atoms with Gasteiger partial charge in [0.1, 0.15) is 11.6 Å². The summed E-state index contributed by atoms with van der Waals surface area (Å²) in [4.78, 5) is 11.7. The summed E-state index contributed by atoms with van der Waals surface area (Å²) >= 11 is 7.90. The van der Waals surface area contributed by atoms with Crippen LogP contribution in [-0.4, -0.2) is 12.5 Å². The maximum atomic E-state index is 13.6. The fraction of sp³-hybridized carbons (Fsp3) is 0.133. The van der Waals surface area contributed by atoms with Gasteiger partial charge in [-0.3, -0.25) is 4.79 Å². The molecule has 2 aromatic rings. The van der Waals surface area contributed by atoms with Crippen LogP contribution in [0.1, 0.15) is 5.56 Å². The van der Waals surface area contributed by atoms with Crippen LogP contribution in [0.15, 0.2) is 36.4 Å². The quantitative estimate of drug-likeness (QED) is 0.746. The Hall–Kier alpha value is -1.34. The van der Waals surface area contributed by atoms with Crippen LogP contribution in [0.2, 0.25) is 5.02 Å². The maximum Gasteiger partial charge on any atom is 0.262 e. The molecule has 0 aliphatic carbocycles. The van der Waals surface area contributed by atoms with Gasteiger partial charge in [-0.1, -0.05) is 11.6 Å². The van der Waals surface area contributed by atoms with E-state index in [-0.39, 0.29) is 12.3 Å². The van der Waals surface area contributed by atoms with Crippen LogP contribution < -0.4 is 10.1 Å². The zero-order valence-corrected chi connectivity index (χ0v) is 14.0. The zero-order valence-electron chi connectivity index (χ0n) is 11.1. The highest BCUT2D eigenvalue weighted by Gasteiger charge is 2.08. The molecular weight excluding hydrogens is 408 g/mol. The van der Waals surface area contributed by atoms with E-state index in [1.54, 1.807) is 24.3 Å². The summed E-state index contributed by atoms with van der Waals surface area (Å²) in [6, 6.07) is 9.68. The number of hydrogen-bond donors (Lipinski definition) is 1. The van der Waals surface area contributed by atoms with Crippen LogP contribution in [-0.2, 0) is 4.79 Å². The minimum Gasteiger partial charge on any atom is -0.484 e. The van der Waals surface area contributed by atoms with Crippen molar-refractivity contribution in [3.05, 3.63) is 56.4 Å². The van der Waals surface area contributed by atoms with E-state index in [0.717, 1.165) is 9.13 Å². The highest BCUT2D eigenvalue weighted by molar-refractivity contribution is 14.1. The molecule has 0 bridgehead atoms. The molecule has 0 saturated carbocycles. The van der Waals surface area contributed by atoms with Gasteiger partial charge in [-0.2, -0.15) is 0 Å². The van der Waals surface area contributed by atoms with Crippen molar-refractivity contribution in [1.29, 1.82) is 0 Å². The lowest BCUT2D eigenvalue weighted by molar-refractivity contribution is -0.118. The molecule has 0 aliphatic rings. The SMILES string of the molecule is Cc1cc(OCC(=O)Nc2ccc(I)cc2F)ccc1Cl. The number of amides is 1. The predicted molar refractivity (Wildman–Crippen MR) is 89.4 cm³/mol. The van der Waals surface area contributed by atoms with Gasteiger partial charge < -0.3 is 10.1 Å². The van der Waals surface area contributed by atoms with Gasteiger partial charge in [0.2, 0.25) is 0 Å². The van der Waals surface area contributed by atoms with E-state index in [2.05, 4.69) is 5.32 Å². The van der Waals surface area contributed by atoms with Gasteiger partial charge in [-0.25, -0.2) is 4.39 Å². The molecule has 0 atom stereocenters. The lowest BCUT2D eigenvalue weighted by Crippen LogP contribution is -2.20. The topological polar surface area (TPSA) is 38.3 Å². The summed E-state index contributed by atoms with van der Waals surface area (Å²) < 4.78 is 19.7. The second-order valence-electron chi connectivity index (χ2n) is 4.37. The second kappa shape index (κ2) is 7.09. The lowest BCUT2D eigenvalue weighted by atomic mass is 10.2. The molecule has 0 saturated heterocycles. The fourth-order valence-electron chi connectivity index (χ4n) is 1.63. The Labute approximate surface area is 140 Å². The molecule has 21 heavy (non-hydrogen) atoms. The first-order valence-corrected chi connectivity index (χ1v) is 7.55. The Morgan fingerprint density at radius 3 is 2.76 bits per heavy atom. The van der Waals surface area contributed by atoms with Crippen molar-refractivity contribution in [3.63, 3.8) is 0 Å². The Morgan fingerprint density at radius 2 is 2.10 bits per heavy atom. The number of aryl methyl sites for hydroxylation is 1. The minimum absolute atomic E-state index is 0.135. The van der Waals surface area contributed by atoms with E-state index < -0.39 is 11.7 Å². The molecular formula is C15H12ClFINO2. The molecule has 0 radical (unpaired) electrons. The molecule has 3 nitrogen and oxygen atoms in total. The molecule has 2 rings (SSSR count). The molecule has 0 heterocycles. The number of carbonyl (C=O) groups is 1. The summed E-state index contributed by atoms with van der Waals surface area (Å²) in [5.41, 5.74) is 0.995. The average Bonchev–Trinajstić information content (AvgIpc) is 2.43. The van der Waals surface area contributed by atoms with Crippen LogP contribution in [0.25, 0.3) is 0 Å². The van der Waals surface area contributed by atoms with Crippen molar-refractivity contribution in [2.24, 2.45) is 0 Å². The van der Waals surface area contributed by atoms with Gasteiger partial charge in [-0.05, 0) is 71.5 Å². The van der Waals surface area contributed by atoms with Gasteiger partial charge in [-0.15, -0.1) is 0 Å². The molecule has 0 aromatic heterocycles. The van der Waals surface area contributed by atoms with Crippen LogP contribution in [0.5, 0.6) is 5.75 Å². The average molecular weight is 420 g/mol. The van der Waals surface area contributed by atoms with Crippen molar-refractivity contribution in [3.8, 4) is 5.75 Å². The standard InChI is InChI=1S/C15H12ClFINO2/c1-9-6-11(3-4-12(9)16)21-8-15(20)19-14-5-2-10(18)7-13(14)17/h2-7H,8H2,1H3,(H,19,20). The Bertz CT molecular complexity index is 679. The van der Waals surface area contributed by atoms with Crippen molar-refractivity contribution < 1.29 is 13.9 Å². The maximum absolute atomic E-state index is 13.6. The van der Waals surface area contributed by atoms with Gasteiger partial charge in [0.25, 0.3) is 5.91 Å². The molecule has 1 amide bonds. The minimum atomic E-state index is -0.474. The fourth-order valence-corrected chi connectivity index (χ4v) is 2.20. The third kappa shape index (κ3) is 4.57. The summed E-state index contributed by atoms with van der Waals surface area (Å²) in [6.45, 7) is 1.64. The molecule has 2 aromatic carbocycles. The molecule has 0 aliphatic heterocycles. The van der Waals surface area contributed by atoms with Crippen molar-refractivity contribution in [2.45, 2.75) is 6.92 Å². The Kier molecular flexibility index (Phi) is 5.41. The first kappa shape index (κ1) is 16.0. The number of nitrogens with one attached hydrogen (secondary N) is 1. The molecule has 0 unspecified atom stereocenters. The highest BCUT2D eigenvalue weighted by atomic mass is 127. The van der Waals surface area contributed by atoms with Gasteiger partial charge in [0.15, 0.2) is 6.61 Å². The normalized spacial score (nSPS) is 10.3. The molecule has 6 heteroatoms. The monoisotopic (exact) mass is 419 g/mol. The van der Waals surface area contributed by atoms with E-state index in [4.69, 9.17) is 16.3 Å². The van der Waals surface area contributed by atoms with Crippen LogP contribution in [0, 0.1) is 16.3 Å². The summed E-state index contributed by atoms with van der Waals surface area (Å²) in [5, 5.41) is 3.10. The lowest BCUT2D eigenvalue weighted by Gasteiger charge is -2.09. The number of hydrogen-bond acceptors (Lipinski definition) is 2. The van der Waals surface area contributed by atoms with E-state index in [1.165, 1.54) is 12.1 Å². The Balaban J connectivity index is 1.94. The van der Waals surface area contributed by atoms with Crippen LogP contribution in [0.4, 0.5) is 10.1 Å². The van der Waals surface area contributed by atoms with Crippen molar-refractivity contribution in [2.75, 3.05) is 11.9 Å². The number of halogens is 3. The molecule has 0 fully saturated rings. The van der Waals surface area contributed by atoms with Crippen LogP contribution >= 0.6 is 34.2 Å². The summed E-state index contributed by atoms with van der Waals surface area (Å²) in [6.07, 6.45) is 0. The van der Waals surface area contributed by atoms with E-state index in [9.17, 15) is 9.18 Å². The second-order valence-corrected chi connectivity index (χ2v) is 6.02. The zero-order chi connectivity index (χ0) is 15.4. The van der Waals surface area contributed by atoms with E-state index in [1.807, 2.05) is 29.5 Å². The van der Waals surface area contributed by atoms with Gasteiger partial charge in [0, 0.05) is 8.59 Å². The van der Waals surface area contributed by atoms with Crippen LogP contribution in [0.3, 0.4) is 0 Å². The summed E-state index contributed by atoms with van der Waals surface area (Å²) in [5.74, 6) is -0.365. The predicted octanol–water partition coefficient (Wildman–Crippen LogP) is 4.41. The van der Waals surface area contributed by atoms with Crippen molar-refractivity contribution >= 4 is 45.8 Å². The molecule has 1 N–H and O–H groups in total. The van der Waals surface area contributed by atoms with Gasteiger partial charge >= 0.3 is 0 Å². The van der Waals surface area contributed by atoms with E-state index >= 15 is 0 Å². The van der Waals surface area contributed by atoms with Crippen molar-refractivity contribution in [1.82, 2.24) is 0 Å². The highest BCUT2D eigenvalue weighted by Crippen LogP contribution is 2.21. The Morgan fingerprint density at radius 1 is 1.33 bits per heavy atom. The molecule has 110 valence electrons. The molecule has 0 spiro atoms. The smallest absolute Gasteiger partial charge is 0.262 e. The third-order valence-electron chi connectivity index (χ3n) is 2.70. The number of benzene rings is 2. The van der Waals surface area contributed by atoms with Gasteiger partial charge in [0.05, 0.1) is 5.69 Å². The first-order chi connectivity index (χ1) is 9.95. The summed E-state index contributed by atoms with van der Waals surface area (Å²) in [7, 11) is 0. The number of carbonyl (C=O) groups excluding carboxylic acids is 1. The number of anilines is 1. The number of ether oxygens (including phenoxy) is 1. The third-order valence-corrected chi connectivity index (χ3v) is 3.80. The van der Waals surface area contributed by atoms with E-state index in [0.29, 0.717) is 10.8 Å². The largest absolute Gasteiger partial charge is 0.484 e.